The summed E-state index contributed by atoms with van der Waals surface area (Å²) in [6.45, 7) is 1.80. The molecule has 1 aromatic carbocycles. The molecule has 0 spiro atoms. The highest BCUT2D eigenvalue weighted by molar-refractivity contribution is 5.28. The van der Waals surface area contributed by atoms with Crippen LogP contribution < -0.4 is 10.1 Å². The van der Waals surface area contributed by atoms with Crippen LogP contribution in [0.15, 0.2) is 24.3 Å². The monoisotopic (exact) mass is 289 g/mol. The molecule has 2 saturated carbocycles. The summed E-state index contributed by atoms with van der Waals surface area (Å²) in [4.78, 5) is 0. The highest BCUT2D eigenvalue weighted by Gasteiger charge is 2.23. The van der Waals surface area contributed by atoms with Crippen molar-refractivity contribution in [1.82, 2.24) is 5.32 Å². The molecule has 0 aromatic heterocycles. The predicted molar refractivity (Wildman–Crippen MR) is 84.7 cm³/mol. The minimum Gasteiger partial charge on any atom is -0.497 e. The van der Waals surface area contributed by atoms with Crippen LogP contribution in [0.25, 0.3) is 0 Å². The first-order valence-corrected chi connectivity index (χ1v) is 8.34. The van der Waals surface area contributed by atoms with Crippen molar-refractivity contribution in [2.75, 3.05) is 20.3 Å². The molecule has 2 fully saturated rings. The van der Waals surface area contributed by atoms with Crippen molar-refractivity contribution in [3.63, 3.8) is 0 Å². The molecule has 3 heteroatoms. The second kappa shape index (κ2) is 7.28. The summed E-state index contributed by atoms with van der Waals surface area (Å²) in [5.74, 6) is 1.82. The zero-order valence-corrected chi connectivity index (χ0v) is 13.0. The van der Waals surface area contributed by atoms with Gasteiger partial charge in [0.15, 0.2) is 0 Å². The molecule has 1 unspecified atom stereocenters. The lowest BCUT2D eigenvalue weighted by atomic mass is 9.83. The number of nitrogens with one attached hydrogen (secondary N) is 1. The molecule has 3 rings (SSSR count). The summed E-state index contributed by atoms with van der Waals surface area (Å²) in [5, 5.41) is 3.59. The van der Waals surface area contributed by atoms with E-state index >= 15 is 0 Å². The van der Waals surface area contributed by atoms with Crippen LogP contribution >= 0.6 is 0 Å². The summed E-state index contributed by atoms with van der Waals surface area (Å²) in [7, 11) is 1.70. The van der Waals surface area contributed by atoms with Crippen molar-refractivity contribution in [2.45, 2.75) is 50.7 Å². The Bertz CT molecular complexity index is 423. The molecule has 0 heterocycles. The van der Waals surface area contributed by atoms with Gasteiger partial charge in [-0.15, -0.1) is 0 Å². The van der Waals surface area contributed by atoms with Crippen molar-refractivity contribution < 1.29 is 9.47 Å². The number of methoxy groups -OCH3 is 1. The standard InChI is InChI=1S/C18H27NO2/c1-20-17-9-5-15(6-10-17)18(13-19-16-7-8-16)21-12-11-14-3-2-4-14/h5-6,9-10,14,16,18-19H,2-4,7-8,11-13H2,1H3. The fraction of sp³-hybridized carbons (Fsp3) is 0.667. The van der Waals surface area contributed by atoms with Gasteiger partial charge in [-0.1, -0.05) is 31.4 Å². The van der Waals surface area contributed by atoms with Gasteiger partial charge in [0, 0.05) is 19.2 Å². The van der Waals surface area contributed by atoms with Crippen molar-refractivity contribution in [3.05, 3.63) is 29.8 Å². The van der Waals surface area contributed by atoms with Crippen LogP contribution in [-0.4, -0.2) is 26.3 Å². The predicted octanol–water partition coefficient (Wildman–Crippen LogP) is 3.70. The summed E-state index contributed by atoms with van der Waals surface area (Å²) >= 11 is 0. The van der Waals surface area contributed by atoms with E-state index in [2.05, 4.69) is 17.4 Å². The number of hydrogen-bond donors (Lipinski definition) is 1. The molecule has 0 aliphatic heterocycles. The molecular formula is C18H27NO2. The van der Waals surface area contributed by atoms with E-state index in [1.165, 1.54) is 44.1 Å². The zero-order valence-electron chi connectivity index (χ0n) is 13.0. The topological polar surface area (TPSA) is 30.5 Å². The Balaban J connectivity index is 1.53. The van der Waals surface area contributed by atoms with E-state index in [0.717, 1.165) is 30.9 Å². The Kier molecular flexibility index (Phi) is 5.15. The quantitative estimate of drug-likeness (QED) is 0.752. The maximum Gasteiger partial charge on any atom is 0.118 e. The first kappa shape index (κ1) is 14.9. The summed E-state index contributed by atoms with van der Waals surface area (Å²) in [6, 6.07) is 9.02. The maximum absolute atomic E-state index is 6.18. The van der Waals surface area contributed by atoms with Gasteiger partial charge in [-0.05, 0) is 42.9 Å². The molecule has 1 N–H and O–H groups in total. The number of rotatable bonds is 9. The number of ether oxygens (including phenoxy) is 2. The van der Waals surface area contributed by atoms with Gasteiger partial charge in [-0.2, -0.15) is 0 Å². The summed E-state index contributed by atoms with van der Waals surface area (Å²) in [5.41, 5.74) is 1.25. The summed E-state index contributed by atoms with van der Waals surface area (Å²) < 4.78 is 11.4. The van der Waals surface area contributed by atoms with E-state index < -0.39 is 0 Å². The minimum absolute atomic E-state index is 0.164. The van der Waals surface area contributed by atoms with E-state index in [9.17, 15) is 0 Å². The van der Waals surface area contributed by atoms with E-state index in [4.69, 9.17) is 9.47 Å². The Labute approximate surface area is 128 Å². The Hall–Kier alpha value is -1.06. The Morgan fingerprint density at radius 1 is 1.14 bits per heavy atom. The lowest BCUT2D eigenvalue weighted by Gasteiger charge is -2.26. The van der Waals surface area contributed by atoms with Gasteiger partial charge < -0.3 is 14.8 Å². The Morgan fingerprint density at radius 3 is 2.48 bits per heavy atom. The lowest BCUT2D eigenvalue weighted by Crippen LogP contribution is -2.26. The third-order valence-corrected chi connectivity index (χ3v) is 4.73. The van der Waals surface area contributed by atoms with Crippen LogP contribution in [0.5, 0.6) is 5.75 Å². The second-order valence-corrected chi connectivity index (χ2v) is 6.40. The van der Waals surface area contributed by atoms with Crippen LogP contribution in [0.1, 0.15) is 50.2 Å². The number of benzene rings is 1. The van der Waals surface area contributed by atoms with Crippen molar-refractivity contribution >= 4 is 0 Å². The van der Waals surface area contributed by atoms with E-state index in [0.29, 0.717) is 0 Å². The highest BCUT2D eigenvalue weighted by Crippen LogP contribution is 2.30. The molecule has 0 radical (unpaired) electrons. The van der Waals surface area contributed by atoms with Crippen molar-refractivity contribution in [2.24, 2.45) is 5.92 Å². The van der Waals surface area contributed by atoms with Crippen LogP contribution in [-0.2, 0) is 4.74 Å². The molecular weight excluding hydrogens is 262 g/mol. The first-order chi connectivity index (χ1) is 10.3. The maximum atomic E-state index is 6.18. The zero-order chi connectivity index (χ0) is 14.5. The molecule has 21 heavy (non-hydrogen) atoms. The van der Waals surface area contributed by atoms with Crippen molar-refractivity contribution in [3.8, 4) is 5.75 Å². The fourth-order valence-electron chi connectivity index (χ4n) is 2.81. The molecule has 3 nitrogen and oxygen atoms in total. The van der Waals surface area contributed by atoms with Crippen LogP contribution in [0.3, 0.4) is 0 Å². The van der Waals surface area contributed by atoms with Gasteiger partial charge in [0.1, 0.15) is 5.75 Å². The largest absolute Gasteiger partial charge is 0.497 e. The average molecular weight is 289 g/mol. The SMILES string of the molecule is COc1ccc(C(CNC2CC2)OCCC2CCC2)cc1. The normalized spacial score (nSPS) is 20.0. The third-order valence-electron chi connectivity index (χ3n) is 4.73. The van der Waals surface area contributed by atoms with Crippen LogP contribution in [0.2, 0.25) is 0 Å². The van der Waals surface area contributed by atoms with Crippen LogP contribution in [0.4, 0.5) is 0 Å². The van der Waals surface area contributed by atoms with E-state index in [1.54, 1.807) is 7.11 Å². The van der Waals surface area contributed by atoms with Crippen LogP contribution in [0, 0.1) is 5.92 Å². The average Bonchev–Trinajstić information content (AvgIpc) is 3.29. The van der Waals surface area contributed by atoms with Gasteiger partial charge in [0.05, 0.1) is 13.2 Å². The lowest BCUT2D eigenvalue weighted by molar-refractivity contribution is 0.0369. The van der Waals surface area contributed by atoms with Gasteiger partial charge >= 0.3 is 0 Å². The number of hydrogen-bond acceptors (Lipinski definition) is 3. The molecule has 2 aliphatic carbocycles. The molecule has 0 amide bonds. The Morgan fingerprint density at radius 2 is 1.90 bits per heavy atom. The van der Waals surface area contributed by atoms with Gasteiger partial charge in [0.25, 0.3) is 0 Å². The van der Waals surface area contributed by atoms with Crippen molar-refractivity contribution in [1.29, 1.82) is 0 Å². The highest BCUT2D eigenvalue weighted by atomic mass is 16.5. The smallest absolute Gasteiger partial charge is 0.118 e. The molecule has 1 aromatic rings. The van der Waals surface area contributed by atoms with Gasteiger partial charge in [0.2, 0.25) is 0 Å². The van der Waals surface area contributed by atoms with E-state index in [1.807, 2.05) is 12.1 Å². The second-order valence-electron chi connectivity index (χ2n) is 6.40. The fourth-order valence-corrected chi connectivity index (χ4v) is 2.81. The first-order valence-electron chi connectivity index (χ1n) is 8.34. The molecule has 116 valence electrons. The van der Waals surface area contributed by atoms with Gasteiger partial charge in [-0.25, -0.2) is 0 Å². The summed E-state index contributed by atoms with van der Waals surface area (Å²) in [6.07, 6.45) is 8.23. The molecule has 1 atom stereocenters. The van der Waals surface area contributed by atoms with Gasteiger partial charge in [-0.3, -0.25) is 0 Å². The van der Waals surface area contributed by atoms with E-state index in [-0.39, 0.29) is 6.10 Å². The molecule has 0 bridgehead atoms. The molecule has 2 aliphatic rings. The third kappa shape index (κ3) is 4.45. The molecule has 0 saturated heterocycles. The minimum atomic E-state index is 0.164.